The van der Waals surface area contributed by atoms with Crippen molar-refractivity contribution >= 4 is 0 Å². The first-order valence-electron chi connectivity index (χ1n) is 7.59. The van der Waals surface area contributed by atoms with Gasteiger partial charge in [0.2, 0.25) is 0 Å². The molecule has 2 atom stereocenters. The van der Waals surface area contributed by atoms with Crippen LogP contribution < -0.4 is 5.73 Å². The van der Waals surface area contributed by atoms with Gasteiger partial charge in [-0.1, -0.05) is 0 Å². The highest BCUT2D eigenvalue weighted by molar-refractivity contribution is 5.30. The standard InChI is InChI=1S/C15H26N4/c1-10-14(11(2)18(3)17-10)15-12(9-16)5-4-8-19(15)13-6-7-13/h12-13,15H,4-9,16H2,1-3H3. The average Bonchev–Trinajstić information content (AvgIpc) is 3.19. The fourth-order valence-electron chi connectivity index (χ4n) is 3.79. The van der Waals surface area contributed by atoms with Gasteiger partial charge < -0.3 is 5.73 Å². The Balaban J connectivity index is 2.00. The van der Waals surface area contributed by atoms with Crippen LogP contribution in [0.1, 0.15) is 48.7 Å². The highest BCUT2D eigenvalue weighted by Gasteiger charge is 2.41. The van der Waals surface area contributed by atoms with Crippen LogP contribution in [0.4, 0.5) is 0 Å². The summed E-state index contributed by atoms with van der Waals surface area (Å²) in [5, 5.41) is 4.62. The molecule has 2 heterocycles. The molecule has 1 aliphatic carbocycles. The highest BCUT2D eigenvalue weighted by Crippen LogP contribution is 2.44. The quantitative estimate of drug-likeness (QED) is 0.905. The number of aromatic nitrogens is 2. The summed E-state index contributed by atoms with van der Waals surface area (Å²) in [7, 11) is 2.05. The first-order chi connectivity index (χ1) is 9.13. The highest BCUT2D eigenvalue weighted by atomic mass is 15.3. The van der Waals surface area contributed by atoms with Crippen LogP contribution in [0.5, 0.6) is 0 Å². The number of rotatable bonds is 3. The monoisotopic (exact) mass is 262 g/mol. The van der Waals surface area contributed by atoms with E-state index in [1.165, 1.54) is 49.2 Å². The fourth-order valence-corrected chi connectivity index (χ4v) is 3.79. The molecule has 4 heteroatoms. The van der Waals surface area contributed by atoms with Crippen molar-refractivity contribution in [3.8, 4) is 0 Å². The molecule has 0 spiro atoms. The Morgan fingerprint density at radius 1 is 1.26 bits per heavy atom. The van der Waals surface area contributed by atoms with Crippen molar-refractivity contribution in [1.82, 2.24) is 14.7 Å². The predicted octanol–water partition coefficient (Wildman–Crippen LogP) is 1.91. The van der Waals surface area contributed by atoms with Crippen LogP contribution in [0.2, 0.25) is 0 Å². The van der Waals surface area contributed by atoms with Crippen LogP contribution in [0.3, 0.4) is 0 Å². The van der Waals surface area contributed by atoms with E-state index in [2.05, 4.69) is 23.8 Å². The number of piperidine rings is 1. The zero-order chi connectivity index (χ0) is 13.6. The second kappa shape index (κ2) is 4.91. The molecular weight excluding hydrogens is 236 g/mol. The van der Waals surface area contributed by atoms with Gasteiger partial charge in [0.15, 0.2) is 0 Å². The molecule has 2 fully saturated rings. The van der Waals surface area contributed by atoms with Crippen molar-refractivity contribution in [2.24, 2.45) is 18.7 Å². The van der Waals surface area contributed by atoms with Crippen LogP contribution in [0, 0.1) is 19.8 Å². The normalized spacial score (nSPS) is 28.8. The lowest BCUT2D eigenvalue weighted by molar-refractivity contribution is 0.0870. The molecule has 0 radical (unpaired) electrons. The molecule has 0 aromatic carbocycles. The number of nitrogens with two attached hydrogens (primary N) is 1. The van der Waals surface area contributed by atoms with E-state index in [-0.39, 0.29) is 0 Å². The number of nitrogens with zero attached hydrogens (tertiary/aromatic N) is 3. The largest absolute Gasteiger partial charge is 0.330 e. The maximum absolute atomic E-state index is 6.07. The summed E-state index contributed by atoms with van der Waals surface area (Å²) in [6, 6.07) is 1.30. The minimum Gasteiger partial charge on any atom is -0.330 e. The smallest absolute Gasteiger partial charge is 0.0644 e. The molecule has 4 nitrogen and oxygen atoms in total. The molecule has 106 valence electrons. The van der Waals surface area contributed by atoms with E-state index in [0.717, 1.165) is 12.6 Å². The summed E-state index contributed by atoms with van der Waals surface area (Å²) < 4.78 is 2.03. The van der Waals surface area contributed by atoms with Crippen LogP contribution >= 0.6 is 0 Å². The van der Waals surface area contributed by atoms with Crippen LogP contribution in [0.15, 0.2) is 0 Å². The molecule has 2 N–H and O–H groups in total. The minimum atomic E-state index is 0.500. The lowest BCUT2D eigenvalue weighted by Gasteiger charge is -2.41. The van der Waals surface area contributed by atoms with E-state index in [0.29, 0.717) is 12.0 Å². The molecule has 1 saturated carbocycles. The van der Waals surface area contributed by atoms with E-state index in [9.17, 15) is 0 Å². The summed E-state index contributed by atoms with van der Waals surface area (Å²) in [6.07, 6.45) is 5.30. The summed E-state index contributed by atoms with van der Waals surface area (Å²) in [5.41, 5.74) is 10.0. The first-order valence-corrected chi connectivity index (χ1v) is 7.59. The van der Waals surface area contributed by atoms with Gasteiger partial charge >= 0.3 is 0 Å². The Morgan fingerprint density at radius 2 is 2.00 bits per heavy atom. The van der Waals surface area contributed by atoms with Gasteiger partial charge in [-0.05, 0) is 58.5 Å². The van der Waals surface area contributed by atoms with E-state index < -0.39 is 0 Å². The zero-order valence-electron chi connectivity index (χ0n) is 12.4. The third kappa shape index (κ3) is 2.21. The number of aryl methyl sites for hydroxylation is 2. The Morgan fingerprint density at radius 3 is 2.53 bits per heavy atom. The van der Waals surface area contributed by atoms with Crippen molar-refractivity contribution in [2.45, 2.75) is 51.6 Å². The molecule has 2 unspecified atom stereocenters. The molecule has 1 aromatic heterocycles. The minimum absolute atomic E-state index is 0.500. The van der Waals surface area contributed by atoms with Gasteiger partial charge in [-0.3, -0.25) is 9.58 Å². The number of hydrogen-bond acceptors (Lipinski definition) is 3. The molecule has 3 rings (SSSR count). The topological polar surface area (TPSA) is 47.1 Å². The van der Waals surface area contributed by atoms with Gasteiger partial charge in [0.05, 0.1) is 5.69 Å². The van der Waals surface area contributed by atoms with Gasteiger partial charge in [-0.15, -0.1) is 0 Å². The van der Waals surface area contributed by atoms with Crippen molar-refractivity contribution in [3.63, 3.8) is 0 Å². The summed E-state index contributed by atoms with van der Waals surface area (Å²) in [6.45, 7) is 6.37. The van der Waals surface area contributed by atoms with Crippen LogP contribution in [0.25, 0.3) is 0 Å². The Labute approximate surface area is 116 Å². The summed E-state index contributed by atoms with van der Waals surface area (Å²) in [5.74, 6) is 0.593. The van der Waals surface area contributed by atoms with Crippen molar-refractivity contribution in [2.75, 3.05) is 13.1 Å². The molecule has 0 bridgehead atoms. The summed E-state index contributed by atoms with van der Waals surface area (Å²) >= 11 is 0. The third-order valence-electron chi connectivity index (χ3n) is 4.97. The van der Waals surface area contributed by atoms with Crippen molar-refractivity contribution in [3.05, 3.63) is 17.0 Å². The van der Waals surface area contributed by atoms with Crippen LogP contribution in [-0.4, -0.2) is 33.8 Å². The molecule has 1 aliphatic heterocycles. The summed E-state index contributed by atoms with van der Waals surface area (Å²) in [4.78, 5) is 2.72. The lowest BCUT2D eigenvalue weighted by Crippen LogP contribution is -2.43. The number of likely N-dealkylation sites (tertiary alicyclic amines) is 1. The average molecular weight is 262 g/mol. The first kappa shape index (κ1) is 13.1. The molecule has 1 saturated heterocycles. The van der Waals surface area contributed by atoms with Crippen molar-refractivity contribution in [1.29, 1.82) is 0 Å². The predicted molar refractivity (Wildman–Crippen MR) is 76.9 cm³/mol. The fraction of sp³-hybridized carbons (Fsp3) is 0.800. The van der Waals surface area contributed by atoms with Crippen molar-refractivity contribution < 1.29 is 0 Å². The lowest BCUT2D eigenvalue weighted by atomic mass is 9.83. The molecule has 19 heavy (non-hydrogen) atoms. The second-order valence-corrected chi connectivity index (χ2v) is 6.26. The van der Waals surface area contributed by atoms with Gasteiger partial charge in [0, 0.05) is 30.4 Å². The van der Waals surface area contributed by atoms with E-state index in [1.807, 2.05) is 11.7 Å². The zero-order valence-corrected chi connectivity index (χ0v) is 12.4. The second-order valence-electron chi connectivity index (χ2n) is 6.26. The van der Waals surface area contributed by atoms with Gasteiger partial charge in [-0.2, -0.15) is 5.10 Å². The maximum atomic E-state index is 6.07. The molecule has 1 aromatic rings. The van der Waals surface area contributed by atoms with Gasteiger partial charge in [0.25, 0.3) is 0 Å². The maximum Gasteiger partial charge on any atom is 0.0644 e. The Kier molecular flexibility index (Phi) is 3.39. The Hall–Kier alpha value is -0.870. The Bertz CT molecular complexity index is 461. The van der Waals surface area contributed by atoms with Gasteiger partial charge in [0.1, 0.15) is 0 Å². The molecule has 0 amide bonds. The molecule has 2 aliphatic rings. The van der Waals surface area contributed by atoms with E-state index in [4.69, 9.17) is 5.73 Å². The SMILES string of the molecule is Cc1nn(C)c(C)c1C1C(CN)CCCN1C1CC1. The molecular formula is C15H26N4. The van der Waals surface area contributed by atoms with Gasteiger partial charge in [-0.25, -0.2) is 0 Å². The third-order valence-corrected chi connectivity index (χ3v) is 4.97. The van der Waals surface area contributed by atoms with Crippen LogP contribution in [-0.2, 0) is 7.05 Å². The number of hydrogen-bond donors (Lipinski definition) is 1. The van der Waals surface area contributed by atoms with E-state index >= 15 is 0 Å². The van der Waals surface area contributed by atoms with E-state index in [1.54, 1.807) is 0 Å².